The van der Waals surface area contributed by atoms with Crippen molar-refractivity contribution < 1.29 is 27.4 Å². The van der Waals surface area contributed by atoms with Crippen LogP contribution in [-0.4, -0.2) is 38.0 Å². The highest BCUT2D eigenvalue weighted by molar-refractivity contribution is 6.02. The Morgan fingerprint density at radius 2 is 1.69 bits per heavy atom. The number of fused-ring (bicyclic) bond motifs is 1. The fourth-order valence-corrected chi connectivity index (χ4v) is 5.05. The minimum Gasteiger partial charge on any atom is -0.493 e. The molecule has 7 heteroatoms. The fourth-order valence-electron chi connectivity index (χ4n) is 5.05. The third kappa shape index (κ3) is 4.63. The van der Waals surface area contributed by atoms with Gasteiger partial charge >= 0.3 is 6.18 Å². The van der Waals surface area contributed by atoms with Crippen molar-refractivity contribution in [2.45, 2.75) is 38.4 Å². The van der Waals surface area contributed by atoms with Crippen LogP contribution in [0.5, 0.6) is 11.5 Å². The summed E-state index contributed by atoms with van der Waals surface area (Å²) >= 11 is 0. The number of ketones is 1. The van der Waals surface area contributed by atoms with Crippen LogP contribution >= 0.6 is 0 Å². The van der Waals surface area contributed by atoms with Gasteiger partial charge in [-0.2, -0.15) is 13.2 Å². The minimum absolute atomic E-state index is 0.0516. The van der Waals surface area contributed by atoms with Crippen LogP contribution in [0.3, 0.4) is 0 Å². The van der Waals surface area contributed by atoms with E-state index in [-0.39, 0.29) is 11.7 Å². The molecule has 1 aliphatic heterocycles. The van der Waals surface area contributed by atoms with Gasteiger partial charge in [0, 0.05) is 18.0 Å². The van der Waals surface area contributed by atoms with Crippen molar-refractivity contribution in [1.29, 1.82) is 0 Å². The van der Waals surface area contributed by atoms with Gasteiger partial charge in [0.2, 0.25) is 0 Å². The van der Waals surface area contributed by atoms with Crippen LogP contribution in [0, 0.1) is 11.8 Å². The molecule has 1 unspecified atom stereocenters. The van der Waals surface area contributed by atoms with E-state index in [9.17, 15) is 18.0 Å². The summed E-state index contributed by atoms with van der Waals surface area (Å²) in [4.78, 5) is 15.0. The molecule has 0 aromatic heterocycles. The second kappa shape index (κ2) is 9.14. The highest BCUT2D eigenvalue weighted by atomic mass is 19.4. The molecule has 172 valence electrons. The maximum absolute atomic E-state index is 13.3. The van der Waals surface area contributed by atoms with E-state index in [2.05, 4.69) is 4.90 Å². The van der Waals surface area contributed by atoms with E-state index < -0.39 is 11.7 Å². The molecule has 2 aromatic carbocycles. The van der Waals surface area contributed by atoms with Crippen LogP contribution in [0.2, 0.25) is 0 Å². The average Bonchev–Trinajstić information content (AvgIpc) is 3.08. The molecule has 1 fully saturated rings. The third-order valence-electron chi connectivity index (χ3n) is 6.75. The van der Waals surface area contributed by atoms with Crippen molar-refractivity contribution in [2.75, 3.05) is 27.3 Å². The first-order valence-corrected chi connectivity index (χ1v) is 11.0. The first kappa shape index (κ1) is 22.6. The number of methoxy groups -OCH3 is 2. The van der Waals surface area contributed by atoms with E-state index in [1.807, 2.05) is 6.07 Å². The molecule has 0 saturated carbocycles. The molecule has 0 amide bonds. The lowest BCUT2D eigenvalue weighted by molar-refractivity contribution is -0.138. The number of piperidine rings is 1. The number of ether oxygens (including phenoxy) is 2. The Bertz CT molecular complexity index is 981. The van der Waals surface area contributed by atoms with Crippen molar-refractivity contribution in [2.24, 2.45) is 11.8 Å². The summed E-state index contributed by atoms with van der Waals surface area (Å²) in [7, 11) is 3.14. The number of Topliss-reactive ketones (excluding diaryl/α,β-unsaturated/α-hetero) is 1. The average molecular weight is 447 g/mol. The molecule has 2 aromatic rings. The lowest BCUT2D eigenvalue weighted by Crippen LogP contribution is -2.34. The summed E-state index contributed by atoms with van der Waals surface area (Å²) in [5.41, 5.74) is 1.48. The zero-order valence-corrected chi connectivity index (χ0v) is 18.4. The Morgan fingerprint density at radius 3 is 2.34 bits per heavy atom. The van der Waals surface area contributed by atoms with Gasteiger partial charge in [-0.25, -0.2) is 0 Å². The van der Waals surface area contributed by atoms with Crippen molar-refractivity contribution in [3.05, 3.63) is 58.7 Å². The van der Waals surface area contributed by atoms with Gasteiger partial charge in [-0.1, -0.05) is 18.2 Å². The Balaban J connectivity index is 1.35. The van der Waals surface area contributed by atoms with Crippen LogP contribution in [0.1, 0.15) is 46.3 Å². The smallest absolute Gasteiger partial charge is 0.416 e. The SMILES string of the molecule is COc1cc2c(cc1OC)C(=O)C(CC1CCN(Cc3ccccc3C(F)(F)F)CC1)C2. The van der Waals surface area contributed by atoms with E-state index in [0.717, 1.165) is 44.0 Å². The normalized spacial score (nSPS) is 19.8. The fraction of sp³-hybridized carbons (Fsp3) is 0.480. The number of carbonyl (C=O) groups excluding carboxylic acids is 1. The van der Waals surface area contributed by atoms with Crippen molar-refractivity contribution in [3.63, 3.8) is 0 Å². The summed E-state index contributed by atoms with van der Waals surface area (Å²) in [5.74, 6) is 1.70. The summed E-state index contributed by atoms with van der Waals surface area (Å²) in [6.45, 7) is 1.79. The summed E-state index contributed by atoms with van der Waals surface area (Å²) < 4.78 is 50.5. The molecule has 4 nitrogen and oxygen atoms in total. The molecule has 1 aliphatic carbocycles. The number of benzene rings is 2. The number of alkyl halides is 3. The number of likely N-dealkylation sites (tertiary alicyclic amines) is 1. The second-order valence-corrected chi connectivity index (χ2v) is 8.74. The highest BCUT2D eigenvalue weighted by Gasteiger charge is 2.36. The van der Waals surface area contributed by atoms with E-state index >= 15 is 0 Å². The number of halogens is 3. The van der Waals surface area contributed by atoms with E-state index in [4.69, 9.17) is 9.47 Å². The Kier molecular flexibility index (Phi) is 6.47. The Hall–Kier alpha value is -2.54. The first-order valence-electron chi connectivity index (χ1n) is 11.0. The Morgan fingerprint density at radius 1 is 1.03 bits per heavy atom. The number of hydrogen-bond acceptors (Lipinski definition) is 4. The summed E-state index contributed by atoms with van der Waals surface area (Å²) in [6.07, 6.45) is -1.04. The molecular weight excluding hydrogens is 419 g/mol. The van der Waals surface area contributed by atoms with Gasteiger partial charge in [-0.05, 0) is 74.0 Å². The van der Waals surface area contributed by atoms with E-state index in [0.29, 0.717) is 41.5 Å². The van der Waals surface area contributed by atoms with Gasteiger partial charge in [0.25, 0.3) is 0 Å². The molecule has 0 N–H and O–H groups in total. The molecule has 2 aliphatic rings. The molecule has 4 rings (SSSR count). The predicted molar refractivity (Wildman–Crippen MR) is 115 cm³/mol. The van der Waals surface area contributed by atoms with Gasteiger partial charge in [0.15, 0.2) is 17.3 Å². The van der Waals surface area contributed by atoms with Crippen molar-refractivity contribution >= 4 is 5.78 Å². The van der Waals surface area contributed by atoms with Crippen LogP contribution < -0.4 is 9.47 Å². The van der Waals surface area contributed by atoms with Crippen LogP contribution in [0.25, 0.3) is 0 Å². The van der Waals surface area contributed by atoms with Gasteiger partial charge in [0.1, 0.15) is 0 Å². The van der Waals surface area contributed by atoms with E-state index in [1.54, 1.807) is 32.4 Å². The lowest BCUT2D eigenvalue weighted by Gasteiger charge is -2.33. The summed E-state index contributed by atoms with van der Waals surface area (Å²) in [5, 5.41) is 0. The third-order valence-corrected chi connectivity index (χ3v) is 6.75. The number of carbonyl (C=O) groups is 1. The van der Waals surface area contributed by atoms with Crippen LogP contribution in [0.4, 0.5) is 13.2 Å². The minimum atomic E-state index is -4.34. The predicted octanol–water partition coefficient (Wildman–Crippen LogP) is 5.38. The van der Waals surface area contributed by atoms with E-state index in [1.165, 1.54) is 6.07 Å². The number of rotatable bonds is 6. The van der Waals surface area contributed by atoms with Gasteiger partial charge < -0.3 is 9.47 Å². The molecule has 1 heterocycles. The molecule has 1 atom stereocenters. The monoisotopic (exact) mass is 447 g/mol. The first-order chi connectivity index (χ1) is 15.3. The Labute approximate surface area is 186 Å². The van der Waals surface area contributed by atoms with Gasteiger partial charge in [-0.15, -0.1) is 0 Å². The zero-order chi connectivity index (χ0) is 22.9. The number of hydrogen-bond donors (Lipinski definition) is 0. The molecule has 1 saturated heterocycles. The quantitative estimate of drug-likeness (QED) is 0.596. The largest absolute Gasteiger partial charge is 0.493 e. The van der Waals surface area contributed by atoms with Crippen molar-refractivity contribution in [3.8, 4) is 11.5 Å². The lowest BCUT2D eigenvalue weighted by atomic mass is 9.85. The number of nitrogens with zero attached hydrogens (tertiary/aromatic N) is 1. The van der Waals surface area contributed by atoms with Gasteiger partial charge in [-0.3, -0.25) is 9.69 Å². The molecule has 0 spiro atoms. The molecule has 32 heavy (non-hydrogen) atoms. The highest BCUT2D eigenvalue weighted by Crippen LogP contribution is 2.40. The maximum atomic E-state index is 13.3. The maximum Gasteiger partial charge on any atom is 0.416 e. The van der Waals surface area contributed by atoms with Crippen LogP contribution in [-0.2, 0) is 19.1 Å². The van der Waals surface area contributed by atoms with Gasteiger partial charge in [0.05, 0.1) is 19.8 Å². The zero-order valence-electron chi connectivity index (χ0n) is 18.4. The molecule has 0 bridgehead atoms. The molecule has 0 radical (unpaired) electrons. The topological polar surface area (TPSA) is 38.8 Å². The summed E-state index contributed by atoms with van der Waals surface area (Å²) in [6, 6.07) is 9.47. The standard InChI is InChI=1S/C25H28F3NO3/c1-31-22-13-18-12-19(24(30)20(18)14-23(22)32-2)11-16-7-9-29(10-8-16)15-17-5-3-4-6-21(17)25(26,27)28/h3-6,13-14,16,19H,7-12,15H2,1-2H3. The second-order valence-electron chi connectivity index (χ2n) is 8.74. The molecular formula is C25H28F3NO3. The van der Waals surface area contributed by atoms with Crippen molar-refractivity contribution in [1.82, 2.24) is 4.90 Å². The van der Waals surface area contributed by atoms with Crippen LogP contribution in [0.15, 0.2) is 36.4 Å².